The summed E-state index contributed by atoms with van der Waals surface area (Å²) in [6.07, 6.45) is -4.04. The smallest absolute Gasteiger partial charge is 0.241 e. The molecule has 0 amide bonds. The van der Waals surface area contributed by atoms with Gasteiger partial charge in [0.25, 0.3) is 0 Å². The SMILES string of the molecule is CC(C)(C)[Si](C)(C)O[C@H]1O[C@H](COCc2ccccc2)[C@@H](O)[C@H](OCc2ccccc2)[C@H]1NS(=O)(=O)c1ccccc1. The van der Waals surface area contributed by atoms with Gasteiger partial charge in [-0.25, -0.2) is 13.1 Å². The molecule has 1 fully saturated rings. The number of benzene rings is 3. The van der Waals surface area contributed by atoms with E-state index in [-0.39, 0.29) is 23.1 Å². The third-order valence-corrected chi connectivity index (χ3v) is 13.8. The standard InChI is InChI=1S/C32H43NO7SSi/c1-32(2,3)42(4,5)40-31-28(33-41(35,36)26-19-13-8-14-20-26)30(38-22-25-17-11-7-12-18-25)29(34)27(39-31)23-37-21-24-15-9-6-10-16-24/h6-20,27-31,33-34H,21-23H2,1-5H3/t27-,28-,29-,30-,31-/m1/s1. The van der Waals surface area contributed by atoms with Crippen molar-refractivity contribution in [3.63, 3.8) is 0 Å². The van der Waals surface area contributed by atoms with Crippen LogP contribution in [0.3, 0.4) is 0 Å². The summed E-state index contributed by atoms with van der Waals surface area (Å²) in [6, 6.07) is 26.3. The molecule has 8 nitrogen and oxygen atoms in total. The molecule has 3 aromatic rings. The van der Waals surface area contributed by atoms with Crippen LogP contribution in [0.1, 0.15) is 31.9 Å². The lowest BCUT2D eigenvalue weighted by Crippen LogP contribution is -2.67. The number of hydrogen-bond donors (Lipinski definition) is 2. The van der Waals surface area contributed by atoms with Crippen LogP contribution in [0.5, 0.6) is 0 Å². The molecule has 0 radical (unpaired) electrons. The van der Waals surface area contributed by atoms with Gasteiger partial charge in [0.15, 0.2) is 14.6 Å². The summed E-state index contributed by atoms with van der Waals surface area (Å²) in [6.45, 7) is 11.0. The van der Waals surface area contributed by atoms with Crippen molar-refractivity contribution in [3.8, 4) is 0 Å². The lowest BCUT2D eigenvalue weighted by atomic mass is 9.97. The van der Waals surface area contributed by atoms with Crippen molar-refractivity contribution >= 4 is 18.3 Å². The molecule has 0 spiro atoms. The zero-order valence-electron chi connectivity index (χ0n) is 25.0. The van der Waals surface area contributed by atoms with Gasteiger partial charge < -0.3 is 23.7 Å². The third-order valence-electron chi connectivity index (χ3n) is 7.91. The van der Waals surface area contributed by atoms with Crippen LogP contribution in [-0.4, -0.2) is 59.1 Å². The Morgan fingerprint density at radius 1 is 0.857 bits per heavy atom. The molecule has 10 heteroatoms. The molecule has 1 aliphatic heterocycles. The van der Waals surface area contributed by atoms with Crippen LogP contribution in [0.4, 0.5) is 0 Å². The quantitative estimate of drug-likeness (QED) is 0.269. The molecule has 4 rings (SSSR count). The van der Waals surface area contributed by atoms with Crippen molar-refractivity contribution in [1.29, 1.82) is 0 Å². The molecule has 0 unspecified atom stereocenters. The predicted octanol–water partition coefficient (Wildman–Crippen LogP) is 5.24. The highest BCUT2D eigenvalue weighted by Crippen LogP contribution is 2.39. The molecule has 1 saturated heterocycles. The Morgan fingerprint density at radius 2 is 1.38 bits per heavy atom. The van der Waals surface area contributed by atoms with E-state index in [9.17, 15) is 13.5 Å². The molecule has 0 bridgehead atoms. The molecular formula is C32H43NO7SSi. The van der Waals surface area contributed by atoms with E-state index in [0.717, 1.165) is 11.1 Å². The molecule has 0 saturated carbocycles. The molecule has 5 atom stereocenters. The van der Waals surface area contributed by atoms with Gasteiger partial charge >= 0.3 is 0 Å². The molecular weight excluding hydrogens is 571 g/mol. The van der Waals surface area contributed by atoms with Crippen molar-refractivity contribution in [2.24, 2.45) is 0 Å². The molecule has 2 N–H and O–H groups in total. The van der Waals surface area contributed by atoms with E-state index in [1.54, 1.807) is 18.2 Å². The summed E-state index contributed by atoms with van der Waals surface area (Å²) < 4.78 is 55.3. The van der Waals surface area contributed by atoms with E-state index in [0.29, 0.717) is 6.61 Å². The normalized spacial score (nSPS) is 23.5. The fourth-order valence-electron chi connectivity index (χ4n) is 4.43. The second kappa shape index (κ2) is 13.9. The number of sulfonamides is 1. The van der Waals surface area contributed by atoms with Gasteiger partial charge in [-0.2, -0.15) is 0 Å². The number of aliphatic hydroxyl groups excluding tert-OH is 1. The average Bonchev–Trinajstić information content (AvgIpc) is 2.96. The van der Waals surface area contributed by atoms with Gasteiger partial charge in [-0.05, 0) is 41.4 Å². The number of hydrogen-bond acceptors (Lipinski definition) is 7. The minimum absolute atomic E-state index is 0.0662. The maximum atomic E-state index is 13.6. The highest BCUT2D eigenvalue weighted by Gasteiger charge is 2.51. The van der Waals surface area contributed by atoms with Crippen molar-refractivity contribution < 1.29 is 32.2 Å². The Kier molecular flexibility index (Phi) is 10.8. The van der Waals surface area contributed by atoms with E-state index in [1.807, 2.05) is 60.7 Å². The molecule has 42 heavy (non-hydrogen) atoms. The second-order valence-corrected chi connectivity index (χ2v) is 18.6. The monoisotopic (exact) mass is 613 g/mol. The first-order chi connectivity index (χ1) is 19.9. The highest BCUT2D eigenvalue weighted by molar-refractivity contribution is 7.89. The minimum atomic E-state index is -4.01. The number of aliphatic hydroxyl groups is 1. The lowest BCUT2D eigenvalue weighted by Gasteiger charge is -2.48. The maximum absolute atomic E-state index is 13.6. The van der Waals surface area contributed by atoms with Crippen molar-refractivity contribution in [2.45, 2.75) is 87.7 Å². The first-order valence-electron chi connectivity index (χ1n) is 14.2. The Labute approximate surface area is 251 Å². The van der Waals surface area contributed by atoms with Crippen LogP contribution in [0.25, 0.3) is 0 Å². The Hall–Kier alpha value is -2.41. The number of ether oxygens (including phenoxy) is 3. The van der Waals surface area contributed by atoms with Crippen LogP contribution in [-0.2, 0) is 41.9 Å². The molecule has 3 aromatic carbocycles. The maximum Gasteiger partial charge on any atom is 0.241 e. The van der Waals surface area contributed by atoms with Gasteiger partial charge in [-0.3, -0.25) is 0 Å². The number of rotatable bonds is 12. The third kappa shape index (κ3) is 8.36. The fraction of sp³-hybridized carbons (Fsp3) is 0.438. The summed E-state index contributed by atoms with van der Waals surface area (Å²) in [7, 11) is -6.49. The fourth-order valence-corrected chi connectivity index (χ4v) is 6.82. The van der Waals surface area contributed by atoms with E-state index in [1.165, 1.54) is 12.1 Å². The topological polar surface area (TPSA) is 103 Å². The molecule has 0 aromatic heterocycles. The molecule has 1 heterocycles. The van der Waals surface area contributed by atoms with Gasteiger partial charge in [-0.1, -0.05) is 99.6 Å². The van der Waals surface area contributed by atoms with Gasteiger partial charge in [0.1, 0.15) is 24.4 Å². The van der Waals surface area contributed by atoms with Crippen molar-refractivity contribution in [2.75, 3.05) is 6.61 Å². The van der Waals surface area contributed by atoms with Gasteiger partial charge in [-0.15, -0.1) is 0 Å². The van der Waals surface area contributed by atoms with Crippen LogP contribution in [0, 0.1) is 0 Å². The van der Waals surface area contributed by atoms with Crippen LogP contribution in [0.15, 0.2) is 95.9 Å². The van der Waals surface area contributed by atoms with E-state index in [4.69, 9.17) is 18.6 Å². The summed E-state index contributed by atoms with van der Waals surface area (Å²) in [5.74, 6) is 0. The van der Waals surface area contributed by atoms with Gasteiger partial charge in [0, 0.05) is 0 Å². The minimum Gasteiger partial charge on any atom is -0.391 e. The van der Waals surface area contributed by atoms with E-state index >= 15 is 0 Å². The molecule has 0 aliphatic carbocycles. The molecule has 228 valence electrons. The Balaban J connectivity index is 1.65. The average molecular weight is 614 g/mol. The van der Waals surface area contributed by atoms with Crippen LogP contribution < -0.4 is 4.72 Å². The first-order valence-corrected chi connectivity index (χ1v) is 18.6. The van der Waals surface area contributed by atoms with E-state index < -0.39 is 49.0 Å². The Morgan fingerprint density at radius 3 is 1.93 bits per heavy atom. The summed E-state index contributed by atoms with van der Waals surface area (Å²) in [4.78, 5) is 0.0979. The molecule has 1 aliphatic rings. The second-order valence-electron chi connectivity index (χ2n) is 12.1. The summed E-state index contributed by atoms with van der Waals surface area (Å²) >= 11 is 0. The summed E-state index contributed by atoms with van der Waals surface area (Å²) in [5, 5.41) is 11.4. The zero-order chi connectivity index (χ0) is 30.4. The number of nitrogens with one attached hydrogen (secondary N) is 1. The highest BCUT2D eigenvalue weighted by atomic mass is 32.2. The summed E-state index contributed by atoms with van der Waals surface area (Å²) in [5.41, 5.74) is 1.88. The Bertz CT molecular complexity index is 1350. The zero-order valence-corrected chi connectivity index (χ0v) is 26.8. The van der Waals surface area contributed by atoms with Crippen LogP contribution in [0.2, 0.25) is 18.1 Å². The van der Waals surface area contributed by atoms with Gasteiger partial charge in [0.2, 0.25) is 10.0 Å². The lowest BCUT2D eigenvalue weighted by molar-refractivity contribution is -0.259. The van der Waals surface area contributed by atoms with Crippen molar-refractivity contribution in [1.82, 2.24) is 4.72 Å². The van der Waals surface area contributed by atoms with Crippen molar-refractivity contribution in [3.05, 3.63) is 102 Å². The predicted molar refractivity (Wildman–Crippen MR) is 165 cm³/mol. The van der Waals surface area contributed by atoms with E-state index in [2.05, 4.69) is 38.6 Å². The first kappa shape index (κ1) is 32.5. The van der Waals surface area contributed by atoms with Gasteiger partial charge in [0.05, 0.1) is 24.7 Å². The largest absolute Gasteiger partial charge is 0.391 e. The van der Waals surface area contributed by atoms with Crippen LogP contribution >= 0.6 is 0 Å².